The maximum Gasteiger partial charge on any atom is 0.258 e. The molecule has 0 aliphatic heterocycles. The second-order valence-electron chi connectivity index (χ2n) is 3.99. The molecule has 90 valence electrons. The molecule has 0 spiro atoms. The standard InChI is InChI=1S/C11H14N4O2/c1-7(2)13-6-9-14-11(17-15-9)8-3-4-12-10(16)5-8/h3-5,7,13H,6H2,1-2H3,(H,12,16). The van der Waals surface area contributed by atoms with E-state index in [-0.39, 0.29) is 5.56 Å². The Labute approximate surface area is 98.1 Å². The number of H-pyrrole nitrogens is 1. The van der Waals surface area contributed by atoms with Crippen molar-refractivity contribution in [3.05, 3.63) is 34.5 Å². The van der Waals surface area contributed by atoms with Crippen LogP contribution in [0.15, 0.2) is 27.6 Å². The zero-order chi connectivity index (χ0) is 12.3. The van der Waals surface area contributed by atoms with Gasteiger partial charge in [0.05, 0.1) is 6.54 Å². The molecular weight excluding hydrogens is 220 g/mol. The van der Waals surface area contributed by atoms with E-state index in [0.717, 1.165) is 0 Å². The van der Waals surface area contributed by atoms with E-state index in [1.54, 1.807) is 12.3 Å². The number of nitrogens with zero attached hydrogens (tertiary/aromatic N) is 2. The van der Waals surface area contributed by atoms with Crippen LogP contribution in [0.3, 0.4) is 0 Å². The third-order valence-electron chi connectivity index (χ3n) is 2.16. The lowest BCUT2D eigenvalue weighted by Crippen LogP contribution is -2.22. The molecule has 2 aromatic rings. The molecule has 0 unspecified atom stereocenters. The van der Waals surface area contributed by atoms with Crippen molar-refractivity contribution in [2.45, 2.75) is 26.4 Å². The maximum atomic E-state index is 11.1. The van der Waals surface area contributed by atoms with Crippen LogP contribution < -0.4 is 10.9 Å². The Kier molecular flexibility index (Phi) is 3.34. The van der Waals surface area contributed by atoms with Crippen molar-refractivity contribution in [1.29, 1.82) is 0 Å². The zero-order valence-electron chi connectivity index (χ0n) is 9.73. The van der Waals surface area contributed by atoms with E-state index >= 15 is 0 Å². The highest BCUT2D eigenvalue weighted by Gasteiger charge is 2.09. The Bertz CT molecular complexity index is 544. The summed E-state index contributed by atoms with van der Waals surface area (Å²) >= 11 is 0. The van der Waals surface area contributed by atoms with Crippen LogP contribution in [-0.4, -0.2) is 21.2 Å². The van der Waals surface area contributed by atoms with E-state index in [1.165, 1.54) is 6.07 Å². The molecule has 0 atom stereocenters. The summed E-state index contributed by atoms with van der Waals surface area (Å²) < 4.78 is 5.08. The Balaban J connectivity index is 2.15. The second kappa shape index (κ2) is 4.92. The molecule has 0 amide bonds. The molecule has 0 saturated carbocycles. The molecule has 0 radical (unpaired) electrons. The molecular formula is C11H14N4O2. The van der Waals surface area contributed by atoms with Gasteiger partial charge in [-0.3, -0.25) is 4.79 Å². The lowest BCUT2D eigenvalue weighted by molar-refractivity contribution is 0.417. The van der Waals surface area contributed by atoms with Crippen LogP contribution in [0.5, 0.6) is 0 Å². The maximum absolute atomic E-state index is 11.1. The van der Waals surface area contributed by atoms with Gasteiger partial charge in [-0.15, -0.1) is 0 Å². The Morgan fingerprint density at radius 3 is 3.06 bits per heavy atom. The van der Waals surface area contributed by atoms with Crippen LogP contribution in [0, 0.1) is 0 Å². The third-order valence-corrected chi connectivity index (χ3v) is 2.16. The summed E-state index contributed by atoms with van der Waals surface area (Å²) in [4.78, 5) is 17.9. The number of rotatable bonds is 4. The minimum Gasteiger partial charge on any atom is -0.334 e. The van der Waals surface area contributed by atoms with Crippen LogP contribution in [0.2, 0.25) is 0 Å². The van der Waals surface area contributed by atoms with Crippen LogP contribution in [0.25, 0.3) is 11.5 Å². The van der Waals surface area contributed by atoms with Crippen LogP contribution in [-0.2, 0) is 6.54 Å². The summed E-state index contributed by atoms with van der Waals surface area (Å²) in [5, 5.41) is 7.02. The van der Waals surface area contributed by atoms with E-state index in [1.807, 2.05) is 13.8 Å². The fourth-order valence-electron chi connectivity index (χ4n) is 1.32. The predicted octanol–water partition coefficient (Wildman–Crippen LogP) is 0.923. The molecule has 0 aliphatic carbocycles. The first-order valence-electron chi connectivity index (χ1n) is 5.40. The van der Waals surface area contributed by atoms with Crippen molar-refractivity contribution in [1.82, 2.24) is 20.4 Å². The molecule has 17 heavy (non-hydrogen) atoms. The van der Waals surface area contributed by atoms with E-state index in [9.17, 15) is 4.79 Å². The molecule has 0 bridgehead atoms. The van der Waals surface area contributed by atoms with Crippen LogP contribution in [0.1, 0.15) is 19.7 Å². The van der Waals surface area contributed by atoms with E-state index in [2.05, 4.69) is 20.4 Å². The topological polar surface area (TPSA) is 83.8 Å². The van der Waals surface area contributed by atoms with Crippen LogP contribution in [0.4, 0.5) is 0 Å². The van der Waals surface area contributed by atoms with Gasteiger partial charge in [0.15, 0.2) is 5.82 Å². The number of hydrogen-bond acceptors (Lipinski definition) is 5. The smallest absolute Gasteiger partial charge is 0.258 e. The fraction of sp³-hybridized carbons (Fsp3) is 0.364. The molecule has 0 fully saturated rings. The van der Waals surface area contributed by atoms with Gasteiger partial charge in [-0.25, -0.2) is 0 Å². The second-order valence-corrected chi connectivity index (χ2v) is 3.99. The highest BCUT2D eigenvalue weighted by molar-refractivity contribution is 5.50. The number of hydrogen-bond donors (Lipinski definition) is 2. The number of aromatic amines is 1. The van der Waals surface area contributed by atoms with Crippen molar-refractivity contribution < 1.29 is 4.52 Å². The Hall–Kier alpha value is -1.95. The summed E-state index contributed by atoms with van der Waals surface area (Å²) in [5.74, 6) is 0.936. The summed E-state index contributed by atoms with van der Waals surface area (Å²) in [7, 11) is 0. The first-order chi connectivity index (χ1) is 8.15. The van der Waals surface area contributed by atoms with Gasteiger partial charge in [0.2, 0.25) is 5.56 Å². The molecule has 0 aromatic carbocycles. The van der Waals surface area contributed by atoms with Crippen molar-refractivity contribution >= 4 is 0 Å². The van der Waals surface area contributed by atoms with E-state index in [4.69, 9.17) is 4.52 Å². The van der Waals surface area contributed by atoms with E-state index < -0.39 is 0 Å². The van der Waals surface area contributed by atoms with Crippen molar-refractivity contribution in [2.75, 3.05) is 0 Å². The SMILES string of the molecule is CC(C)NCc1noc(-c2cc[nH]c(=O)c2)n1. The van der Waals surface area contributed by atoms with Gasteiger partial charge in [0, 0.05) is 23.9 Å². The number of pyridine rings is 1. The Morgan fingerprint density at radius 1 is 1.53 bits per heavy atom. The first-order valence-corrected chi connectivity index (χ1v) is 5.40. The molecule has 2 N–H and O–H groups in total. The van der Waals surface area contributed by atoms with Gasteiger partial charge >= 0.3 is 0 Å². The minimum absolute atomic E-state index is 0.192. The van der Waals surface area contributed by atoms with Gasteiger partial charge < -0.3 is 14.8 Å². The lowest BCUT2D eigenvalue weighted by Gasteiger charge is -2.03. The highest BCUT2D eigenvalue weighted by atomic mass is 16.5. The summed E-state index contributed by atoms with van der Waals surface area (Å²) in [5.41, 5.74) is 0.430. The molecule has 6 nitrogen and oxygen atoms in total. The Morgan fingerprint density at radius 2 is 2.35 bits per heavy atom. The number of nitrogens with one attached hydrogen (secondary N) is 2. The van der Waals surface area contributed by atoms with Crippen molar-refractivity contribution in [3.8, 4) is 11.5 Å². The lowest BCUT2D eigenvalue weighted by atomic mass is 10.3. The summed E-state index contributed by atoms with van der Waals surface area (Å²) in [6.45, 7) is 4.62. The van der Waals surface area contributed by atoms with E-state index in [0.29, 0.717) is 29.9 Å². The quantitative estimate of drug-likeness (QED) is 0.822. The first kappa shape index (κ1) is 11.5. The minimum atomic E-state index is -0.192. The van der Waals surface area contributed by atoms with Gasteiger partial charge in [-0.05, 0) is 6.07 Å². The molecule has 2 heterocycles. The van der Waals surface area contributed by atoms with Gasteiger partial charge in [0.25, 0.3) is 5.89 Å². The van der Waals surface area contributed by atoms with Crippen molar-refractivity contribution in [3.63, 3.8) is 0 Å². The monoisotopic (exact) mass is 234 g/mol. The van der Waals surface area contributed by atoms with Crippen molar-refractivity contribution in [2.24, 2.45) is 0 Å². The van der Waals surface area contributed by atoms with Crippen LogP contribution >= 0.6 is 0 Å². The molecule has 0 aliphatic rings. The molecule has 2 rings (SSSR count). The predicted molar refractivity (Wildman–Crippen MR) is 62.3 cm³/mol. The highest BCUT2D eigenvalue weighted by Crippen LogP contribution is 2.13. The normalized spacial score (nSPS) is 11.0. The average Bonchev–Trinajstić information content (AvgIpc) is 2.75. The summed E-state index contributed by atoms with van der Waals surface area (Å²) in [6, 6.07) is 3.50. The van der Waals surface area contributed by atoms with Gasteiger partial charge in [-0.2, -0.15) is 4.98 Å². The molecule has 0 saturated heterocycles. The number of aromatic nitrogens is 3. The third kappa shape index (κ3) is 3.01. The van der Waals surface area contributed by atoms with Gasteiger partial charge in [0.1, 0.15) is 0 Å². The molecule has 6 heteroatoms. The summed E-state index contributed by atoms with van der Waals surface area (Å²) in [6.07, 6.45) is 1.55. The largest absolute Gasteiger partial charge is 0.334 e. The zero-order valence-corrected chi connectivity index (χ0v) is 9.73. The molecule has 2 aromatic heterocycles. The fourth-order valence-corrected chi connectivity index (χ4v) is 1.32. The van der Waals surface area contributed by atoms with Gasteiger partial charge in [-0.1, -0.05) is 19.0 Å². The average molecular weight is 234 g/mol.